The summed E-state index contributed by atoms with van der Waals surface area (Å²) < 4.78 is 21.3. The van der Waals surface area contributed by atoms with Crippen LogP contribution in [-0.4, -0.2) is 36.7 Å². The molecule has 9 nitrogen and oxygen atoms in total. The van der Waals surface area contributed by atoms with Crippen LogP contribution in [0.1, 0.15) is 18.0 Å². The zero-order valence-corrected chi connectivity index (χ0v) is 18.0. The molecule has 32 heavy (non-hydrogen) atoms. The molecule has 0 fully saturated rings. The van der Waals surface area contributed by atoms with E-state index >= 15 is 0 Å². The topological polar surface area (TPSA) is 108 Å². The van der Waals surface area contributed by atoms with Gasteiger partial charge in [-0.05, 0) is 42.8 Å². The van der Waals surface area contributed by atoms with E-state index in [4.69, 9.17) is 10.5 Å². The molecule has 0 radical (unpaired) electrons. The molecule has 3 heterocycles. The van der Waals surface area contributed by atoms with Crippen LogP contribution in [0.2, 0.25) is 0 Å². The van der Waals surface area contributed by atoms with E-state index in [1.54, 1.807) is 19.3 Å². The number of benzene rings is 1. The Labute approximate surface area is 187 Å². The van der Waals surface area contributed by atoms with Crippen LogP contribution in [0.3, 0.4) is 0 Å². The van der Waals surface area contributed by atoms with E-state index < -0.39 is 11.4 Å². The van der Waals surface area contributed by atoms with Crippen LogP contribution in [0.5, 0.6) is 5.75 Å². The summed E-state index contributed by atoms with van der Waals surface area (Å²) in [6.07, 6.45) is 4.85. The minimum Gasteiger partial charge on any atom is -0.492 e. The lowest BCUT2D eigenvalue weighted by molar-refractivity contribution is -0.114. The van der Waals surface area contributed by atoms with Crippen molar-refractivity contribution in [3.8, 4) is 5.75 Å². The Kier molecular flexibility index (Phi) is 6.26. The molecule has 1 aromatic carbocycles. The van der Waals surface area contributed by atoms with E-state index in [-0.39, 0.29) is 24.7 Å². The van der Waals surface area contributed by atoms with Crippen molar-refractivity contribution >= 4 is 17.7 Å². The van der Waals surface area contributed by atoms with Crippen LogP contribution < -0.4 is 16.2 Å². The Bertz CT molecular complexity index is 1190. The number of allylic oxidation sites excluding steroid dienone is 1. The van der Waals surface area contributed by atoms with Crippen molar-refractivity contribution in [3.63, 3.8) is 0 Å². The molecule has 1 atom stereocenters. The number of thioether (sulfide) groups is 1. The van der Waals surface area contributed by atoms with Crippen LogP contribution in [0.25, 0.3) is 0 Å². The number of amides is 1. The highest BCUT2D eigenvalue weighted by atomic mass is 32.2. The molecular formula is C21H21FN6O3S. The number of hydrogen-bond donors (Lipinski definition) is 1. The van der Waals surface area contributed by atoms with Gasteiger partial charge in [-0.1, -0.05) is 17.8 Å². The molecule has 166 valence electrons. The number of pyridine rings is 1. The minimum absolute atomic E-state index is 0.184. The molecule has 0 saturated heterocycles. The van der Waals surface area contributed by atoms with Crippen LogP contribution in [0, 0.1) is 5.82 Å². The summed E-state index contributed by atoms with van der Waals surface area (Å²) in [7, 11) is 0. The summed E-state index contributed by atoms with van der Waals surface area (Å²) in [5.74, 6) is -0.394. The predicted octanol–water partition coefficient (Wildman–Crippen LogP) is 2.08. The van der Waals surface area contributed by atoms with Crippen molar-refractivity contribution in [1.29, 1.82) is 0 Å². The lowest BCUT2D eigenvalue weighted by Crippen LogP contribution is -2.34. The average molecular weight is 457 g/mol. The SMILES string of the molecule is CC1=C(C(N)=O)SC(n2cnn(CCOc3ccc(F)cc3)c2=O)N1Cc1cccnc1. The third kappa shape index (κ3) is 4.52. The Morgan fingerprint density at radius 2 is 2.06 bits per heavy atom. The van der Waals surface area contributed by atoms with Gasteiger partial charge in [0.15, 0.2) is 5.50 Å². The second-order valence-corrected chi connectivity index (χ2v) is 8.12. The Balaban J connectivity index is 1.51. The van der Waals surface area contributed by atoms with Crippen LogP contribution in [0.4, 0.5) is 4.39 Å². The summed E-state index contributed by atoms with van der Waals surface area (Å²) in [4.78, 5) is 31.4. The molecule has 1 unspecified atom stereocenters. The van der Waals surface area contributed by atoms with Crippen molar-refractivity contribution in [3.05, 3.63) is 87.6 Å². The average Bonchev–Trinajstić information content (AvgIpc) is 3.30. The molecular weight excluding hydrogens is 435 g/mol. The van der Waals surface area contributed by atoms with Crippen molar-refractivity contribution in [1.82, 2.24) is 24.2 Å². The van der Waals surface area contributed by atoms with E-state index in [9.17, 15) is 14.0 Å². The van der Waals surface area contributed by atoms with E-state index in [0.29, 0.717) is 22.9 Å². The zero-order valence-electron chi connectivity index (χ0n) is 17.2. The van der Waals surface area contributed by atoms with E-state index in [1.165, 1.54) is 51.6 Å². The maximum Gasteiger partial charge on any atom is 0.348 e. The van der Waals surface area contributed by atoms with Crippen molar-refractivity contribution < 1.29 is 13.9 Å². The van der Waals surface area contributed by atoms with Gasteiger partial charge in [0.1, 0.15) is 24.5 Å². The van der Waals surface area contributed by atoms with Gasteiger partial charge in [0.2, 0.25) is 0 Å². The van der Waals surface area contributed by atoms with Crippen LogP contribution >= 0.6 is 11.8 Å². The molecule has 1 aliphatic heterocycles. The number of nitrogens with two attached hydrogens (primary N) is 1. The summed E-state index contributed by atoms with van der Waals surface area (Å²) >= 11 is 1.21. The lowest BCUT2D eigenvalue weighted by atomic mass is 10.2. The summed E-state index contributed by atoms with van der Waals surface area (Å²) in [6, 6.07) is 9.38. The maximum atomic E-state index is 13.0. The van der Waals surface area contributed by atoms with Gasteiger partial charge >= 0.3 is 5.69 Å². The molecule has 0 spiro atoms. The first-order valence-electron chi connectivity index (χ1n) is 9.79. The molecule has 11 heteroatoms. The number of rotatable bonds is 8. The van der Waals surface area contributed by atoms with Gasteiger partial charge in [0, 0.05) is 24.6 Å². The Morgan fingerprint density at radius 3 is 2.75 bits per heavy atom. The van der Waals surface area contributed by atoms with Crippen molar-refractivity contribution in [2.75, 3.05) is 6.61 Å². The molecule has 2 aromatic heterocycles. The summed E-state index contributed by atoms with van der Waals surface area (Å²) in [6.45, 7) is 2.64. The molecule has 0 saturated carbocycles. The normalized spacial score (nSPS) is 15.9. The highest BCUT2D eigenvalue weighted by Crippen LogP contribution is 2.44. The fraction of sp³-hybridized carbons (Fsp3) is 0.238. The number of carbonyl (C=O) groups is 1. The smallest absolute Gasteiger partial charge is 0.348 e. The van der Waals surface area contributed by atoms with Gasteiger partial charge < -0.3 is 15.4 Å². The highest BCUT2D eigenvalue weighted by molar-refractivity contribution is 8.04. The first-order chi connectivity index (χ1) is 15.4. The zero-order chi connectivity index (χ0) is 22.7. The number of nitrogens with zero attached hydrogens (tertiary/aromatic N) is 5. The van der Waals surface area contributed by atoms with Gasteiger partial charge in [-0.2, -0.15) is 5.10 Å². The first kappa shape index (κ1) is 21.6. The largest absolute Gasteiger partial charge is 0.492 e. The molecule has 2 N–H and O–H groups in total. The fourth-order valence-corrected chi connectivity index (χ4v) is 4.55. The molecule has 1 aliphatic rings. The highest BCUT2D eigenvalue weighted by Gasteiger charge is 2.35. The minimum atomic E-state index is -0.542. The van der Waals surface area contributed by atoms with Gasteiger partial charge in [-0.3, -0.25) is 14.3 Å². The lowest BCUT2D eigenvalue weighted by Gasteiger charge is -2.27. The fourth-order valence-electron chi connectivity index (χ4n) is 3.31. The monoisotopic (exact) mass is 456 g/mol. The quantitative estimate of drug-likeness (QED) is 0.553. The van der Waals surface area contributed by atoms with E-state index in [0.717, 1.165) is 5.56 Å². The molecule has 0 bridgehead atoms. The Hall–Kier alpha value is -3.60. The first-order valence-corrected chi connectivity index (χ1v) is 10.7. The Morgan fingerprint density at radius 1 is 1.28 bits per heavy atom. The number of ether oxygens (including phenoxy) is 1. The van der Waals surface area contributed by atoms with Crippen molar-refractivity contribution in [2.24, 2.45) is 5.73 Å². The van der Waals surface area contributed by atoms with Crippen molar-refractivity contribution in [2.45, 2.75) is 25.5 Å². The van der Waals surface area contributed by atoms with E-state index in [2.05, 4.69) is 10.1 Å². The van der Waals surface area contributed by atoms with Gasteiger partial charge in [-0.25, -0.2) is 13.9 Å². The maximum absolute atomic E-state index is 13.0. The summed E-state index contributed by atoms with van der Waals surface area (Å²) in [5, 5.41) is 4.18. The van der Waals surface area contributed by atoms with Gasteiger partial charge in [0.05, 0.1) is 11.4 Å². The molecule has 3 aromatic rings. The van der Waals surface area contributed by atoms with Gasteiger partial charge in [-0.15, -0.1) is 0 Å². The molecule has 4 rings (SSSR count). The summed E-state index contributed by atoms with van der Waals surface area (Å²) in [5.41, 5.74) is 6.31. The van der Waals surface area contributed by atoms with Crippen LogP contribution in [0.15, 0.2) is 70.5 Å². The second-order valence-electron chi connectivity index (χ2n) is 7.06. The molecule has 1 amide bonds. The van der Waals surface area contributed by atoms with Gasteiger partial charge in [0.25, 0.3) is 5.91 Å². The molecule has 0 aliphatic carbocycles. The third-order valence-electron chi connectivity index (χ3n) is 4.93. The van der Waals surface area contributed by atoms with E-state index in [1.807, 2.05) is 17.0 Å². The standard InChI is InChI=1S/C21H21FN6O3S/c1-14-18(19(23)29)32-21(26(14)12-15-3-2-8-24-11-15)27-13-25-28(20(27)30)9-10-31-17-6-4-16(22)5-7-17/h2-8,11,13,21H,9-10,12H2,1H3,(H2,23,29). The number of carbonyl (C=O) groups excluding carboxylic acids is 1. The number of primary amides is 1. The predicted molar refractivity (Wildman–Crippen MR) is 117 cm³/mol. The number of halogens is 1. The number of hydrogen-bond acceptors (Lipinski definition) is 7. The van der Waals surface area contributed by atoms with Crippen LogP contribution in [-0.2, 0) is 17.9 Å². The third-order valence-corrected chi connectivity index (χ3v) is 6.35. The number of aromatic nitrogens is 4. The second kappa shape index (κ2) is 9.27.